The minimum absolute atomic E-state index is 0.123. The van der Waals surface area contributed by atoms with Crippen molar-refractivity contribution in [3.63, 3.8) is 0 Å². The summed E-state index contributed by atoms with van der Waals surface area (Å²) in [5, 5.41) is 7.53. The third-order valence-electron chi connectivity index (χ3n) is 7.58. The second kappa shape index (κ2) is 13.3. The third-order valence-corrected chi connectivity index (χ3v) is 7.58. The Morgan fingerprint density at radius 1 is 1.14 bits per heavy atom. The van der Waals surface area contributed by atoms with Crippen molar-refractivity contribution < 1.29 is 28.6 Å². The number of aryl methyl sites for hydroxylation is 2. The topological polar surface area (TPSA) is 115 Å². The van der Waals surface area contributed by atoms with Crippen LogP contribution in [0.2, 0.25) is 0 Å². The van der Waals surface area contributed by atoms with Gasteiger partial charge in [0.2, 0.25) is 5.91 Å². The van der Waals surface area contributed by atoms with E-state index in [1.54, 1.807) is 41.0 Å². The summed E-state index contributed by atoms with van der Waals surface area (Å²) in [6.07, 6.45) is 2.91. The van der Waals surface area contributed by atoms with Crippen LogP contribution < -0.4 is 14.8 Å². The third kappa shape index (κ3) is 7.16. The van der Waals surface area contributed by atoms with Crippen molar-refractivity contribution in [2.75, 3.05) is 33.3 Å². The molecule has 0 spiro atoms. The number of rotatable bonds is 5. The standard InChI is InChI=1S/C32H39N5O6/c1-5-11-37-17-27(21(3)34-37)32(40)36-12-10-29-28(18-36)33-30(38)19-35(4)31(39)23-14-25(41-6-2)16-26(15-23)43-24-9-7-8-22(13-24)20-42-29/h7-9,13-17,28-29H,5-6,10-12,18-20H2,1-4H3,(H,33,38)/t28-,29+/m0/s1. The molecule has 2 aromatic carbocycles. The number of carbonyl (C=O) groups is 3. The molecule has 11 nitrogen and oxygen atoms in total. The second-order valence-electron chi connectivity index (χ2n) is 11.0. The van der Waals surface area contributed by atoms with Crippen LogP contribution in [0.1, 0.15) is 58.7 Å². The number of nitrogens with zero attached hydrogens (tertiary/aromatic N) is 4. The van der Waals surface area contributed by atoms with Crippen molar-refractivity contribution in [3.8, 4) is 17.2 Å². The van der Waals surface area contributed by atoms with Gasteiger partial charge in [-0.15, -0.1) is 0 Å². The molecule has 1 fully saturated rings. The first kappa shape index (κ1) is 30.1. The van der Waals surface area contributed by atoms with Gasteiger partial charge in [-0.2, -0.15) is 5.10 Å². The molecule has 43 heavy (non-hydrogen) atoms. The summed E-state index contributed by atoms with van der Waals surface area (Å²) in [6, 6.07) is 12.1. The molecule has 0 aliphatic carbocycles. The van der Waals surface area contributed by atoms with Gasteiger partial charge in [0.05, 0.1) is 43.2 Å². The number of fused-ring (bicyclic) bond motifs is 5. The molecule has 1 N–H and O–H groups in total. The van der Waals surface area contributed by atoms with Gasteiger partial charge in [-0.1, -0.05) is 19.1 Å². The molecule has 2 aliphatic heterocycles. The first-order chi connectivity index (χ1) is 20.7. The molecular formula is C32H39N5O6. The minimum atomic E-state index is -0.472. The molecule has 4 bridgehead atoms. The molecular weight excluding hydrogens is 550 g/mol. The quantitative estimate of drug-likeness (QED) is 0.482. The van der Waals surface area contributed by atoms with Gasteiger partial charge in [-0.3, -0.25) is 19.1 Å². The van der Waals surface area contributed by atoms with Gasteiger partial charge in [0.25, 0.3) is 11.8 Å². The Hall–Kier alpha value is -4.38. The van der Waals surface area contributed by atoms with E-state index in [1.165, 1.54) is 4.90 Å². The van der Waals surface area contributed by atoms with Gasteiger partial charge in [0.15, 0.2) is 0 Å². The minimum Gasteiger partial charge on any atom is -0.494 e. The molecule has 5 rings (SSSR count). The molecule has 228 valence electrons. The maximum atomic E-state index is 13.5. The van der Waals surface area contributed by atoms with Gasteiger partial charge in [-0.25, -0.2) is 0 Å². The molecule has 3 heterocycles. The summed E-state index contributed by atoms with van der Waals surface area (Å²) in [6.45, 7) is 7.79. The lowest BCUT2D eigenvalue weighted by Gasteiger charge is -2.39. The highest BCUT2D eigenvalue weighted by Gasteiger charge is 2.35. The Morgan fingerprint density at radius 2 is 1.98 bits per heavy atom. The van der Waals surface area contributed by atoms with Gasteiger partial charge in [-0.05, 0) is 56.5 Å². The van der Waals surface area contributed by atoms with Crippen LogP contribution in [0, 0.1) is 6.92 Å². The first-order valence-corrected chi connectivity index (χ1v) is 14.8. The number of likely N-dealkylation sites (tertiary alicyclic amines) is 1. The Labute approximate surface area is 251 Å². The maximum Gasteiger partial charge on any atom is 0.257 e. The van der Waals surface area contributed by atoms with Crippen LogP contribution >= 0.6 is 0 Å². The fourth-order valence-electron chi connectivity index (χ4n) is 5.50. The number of piperidine rings is 1. The predicted molar refractivity (Wildman–Crippen MR) is 159 cm³/mol. The van der Waals surface area contributed by atoms with Crippen LogP contribution in [0.3, 0.4) is 0 Å². The average molecular weight is 590 g/mol. The molecule has 2 aliphatic rings. The van der Waals surface area contributed by atoms with E-state index in [2.05, 4.69) is 17.3 Å². The number of aromatic nitrogens is 2. The maximum absolute atomic E-state index is 13.5. The molecule has 0 radical (unpaired) electrons. The summed E-state index contributed by atoms with van der Waals surface area (Å²) in [5.74, 6) is 0.717. The fraction of sp³-hybridized carbons (Fsp3) is 0.438. The summed E-state index contributed by atoms with van der Waals surface area (Å²) in [4.78, 5) is 43.3. The van der Waals surface area contributed by atoms with Crippen LogP contribution in [0.5, 0.6) is 17.2 Å². The number of amides is 3. The van der Waals surface area contributed by atoms with E-state index < -0.39 is 6.04 Å². The van der Waals surface area contributed by atoms with Crippen LogP contribution in [-0.2, 0) is 22.7 Å². The second-order valence-corrected chi connectivity index (χ2v) is 11.0. The van der Waals surface area contributed by atoms with E-state index in [9.17, 15) is 14.4 Å². The van der Waals surface area contributed by atoms with Crippen LogP contribution in [0.15, 0.2) is 48.7 Å². The molecule has 11 heteroatoms. The van der Waals surface area contributed by atoms with Gasteiger partial charge < -0.3 is 29.3 Å². The summed E-state index contributed by atoms with van der Waals surface area (Å²) >= 11 is 0. The fourth-order valence-corrected chi connectivity index (χ4v) is 5.50. The largest absolute Gasteiger partial charge is 0.494 e. The number of likely N-dealkylation sites (N-methyl/N-ethyl adjacent to an activating group) is 1. The normalized spacial score (nSPS) is 19.3. The van der Waals surface area contributed by atoms with Gasteiger partial charge in [0.1, 0.15) is 17.2 Å². The predicted octanol–water partition coefficient (Wildman–Crippen LogP) is 3.79. The van der Waals surface area contributed by atoms with Gasteiger partial charge in [0, 0.05) is 44.5 Å². The van der Waals surface area contributed by atoms with Crippen LogP contribution in [0.25, 0.3) is 0 Å². The number of benzene rings is 2. The zero-order valence-electron chi connectivity index (χ0n) is 25.2. The zero-order valence-corrected chi connectivity index (χ0v) is 25.2. The summed E-state index contributed by atoms with van der Waals surface area (Å²) in [5.41, 5.74) is 2.47. The van der Waals surface area contributed by atoms with Crippen LogP contribution in [0.4, 0.5) is 0 Å². The lowest BCUT2D eigenvalue weighted by Crippen LogP contribution is -2.58. The SMILES string of the molecule is CCCn1cc(C(=O)N2CC[C@H]3OCc4cccc(c4)Oc4cc(OCC)cc(c4)C(=O)N(C)CC(=O)N[C@H]3C2)c(C)n1. The molecule has 2 atom stereocenters. The summed E-state index contributed by atoms with van der Waals surface area (Å²) < 4.78 is 20.0. The number of hydrogen-bond donors (Lipinski definition) is 1. The van der Waals surface area contributed by atoms with Crippen molar-refractivity contribution >= 4 is 17.7 Å². The van der Waals surface area contributed by atoms with Gasteiger partial charge >= 0.3 is 0 Å². The molecule has 1 saturated heterocycles. The smallest absolute Gasteiger partial charge is 0.257 e. The first-order valence-electron chi connectivity index (χ1n) is 14.8. The number of carbonyl (C=O) groups excluding carboxylic acids is 3. The molecule has 3 aromatic rings. The Bertz CT molecular complexity index is 1490. The highest BCUT2D eigenvalue weighted by molar-refractivity contribution is 5.97. The lowest BCUT2D eigenvalue weighted by molar-refractivity contribution is -0.124. The highest BCUT2D eigenvalue weighted by Crippen LogP contribution is 2.29. The number of hydrogen-bond acceptors (Lipinski definition) is 7. The molecule has 0 saturated carbocycles. The van der Waals surface area contributed by atoms with Crippen molar-refractivity contribution in [3.05, 3.63) is 71.0 Å². The van der Waals surface area contributed by atoms with Crippen molar-refractivity contribution in [1.29, 1.82) is 0 Å². The molecule has 3 amide bonds. The number of nitrogens with one attached hydrogen (secondary N) is 1. The average Bonchev–Trinajstić information content (AvgIpc) is 3.35. The van der Waals surface area contributed by atoms with Crippen molar-refractivity contribution in [2.45, 2.75) is 58.9 Å². The Morgan fingerprint density at radius 3 is 2.77 bits per heavy atom. The molecule has 1 aromatic heterocycles. The van der Waals surface area contributed by atoms with Crippen molar-refractivity contribution in [2.24, 2.45) is 0 Å². The summed E-state index contributed by atoms with van der Waals surface area (Å²) in [7, 11) is 1.57. The van der Waals surface area contributed by atoms with E-state index in [1.807, 2.05) is 38.1 Å². The molecule has 0 unspecified atom stereocenters. The Kier molecular flexibility index (Phi) is 9.30. The number of ether oxygens (including phenoxy) is 3. The van der Waals surface area contributed by atoms with Crippen molar-refractivity contribution in [1.82, 2.24) is 24.9 Å². The lowest BCUT2D eigenvalue weighted by atomic mass is 10.0. The van der Waals surface area contributed by atoms with E-state index >= 15 is 0 Å². The van der Waals surface area contributed by atoms with E-state index in [4.69, 9.17) is 14.2 Å². The monoisotopic (exact) mass is 589 g/mol. The Balaban J connectivity index is 1.41. The highest BCUT2D eigenvalue weighted by atomic mass is 16.5. The van der Waals surface area contributed by atoms with Crippen LogP contribution in [-0.4, -0.2) is 82.7 Å². The van der Waals surface area contributed by atoms with E-state index in [0.29, 0.717) is 60.2 Å². The zero-order chi connectivity index (χ0) is 30.5. The van der Waals surface area contributed by atoms with E-state index in [-0.39, 0.29) is 36.9 Å². The van der Waals surface area contributed by atoms with E-state index in [0.717, 1.165) is 18.5 Å².